The highest BCUT2D eigenvalue weighted by molar-refractivity contribution is 6.42. The lowest BCUT2D eigenvalue weighted by atomic mass is 9.88. The molecule has 7 atom stereocenters. The number of aliphatic imine (C=N–C) groups is 1. The molecular weight excluding hydrogens is 618 g/mol. The summed E-state index contributed by atoms with van der Waals surface area (Å²) in [6, 6.07) is 5.83. The fourth-order valence-electron chi connectivity index (χ4n) is 9.02. The highest BCUT2D eigenvalue weighted by Gasteiger charge is 2.58. The average molecular weight is 660 g/mol. The maximum atomic E-state index is 14.7. The van der Waals surface area contributed by atoms with Crippen LogP contribution in [0.15, 0.2) is 53.6 Å². The molecule has 1 aromatic rings. The Hall–Kier alpha value is -3.79. The third kappa shape index (κ3) is 5.23. The molecule has 0 aromatic heterocycles. The van der Waals surface area contributed by atoms with Gasteiger partial charge in [0.15, 0.2) is 0 Å². The lowest BCUT2D eigenvalue weighted by Gasteiger charge is -2.44. The van der Waals surface area contributed by atoms with Crippen LogP contribution in [0.2, 0.25) is 5.02 Å². The topological polar surface area (TPSA) is 111 Å². The normalized spacial score (nSPS) is 33.0. The minimum absolute atomic E-state index is 0.0258. The Bertz CT molecular complexity index is 1610. The van der Waals surface area contributed by atoms with Crippen LogP contribution in [0.1, 0.15) is 70.8 Å². The summed E-state index contributed by atoms with van der Waals surface area (Å²) in [5, 5.41) is 0.458. The molecule has 6 aliphatic heterocycles. The van der Waals surface area contributed by atoms with Crippen LogP contribution in [-0.2, 0) is 30.4 Å². The predicted molar refractivity (Wildman–Crippen MR) is 176 cm³/mol. The molecule has 0 unspecified atom stereocenters. The third-order valence-electron chi connectivity index (χ3n) is 11.3. The van der Waals surface area contributed by atoms with E-state index in [1.807, 2.05) is 17.1 Å². The van der Waals surface area contributed by atoms with Crippen molar-refractivity contribution in [2.45, 2.75) is 107 Å². The first-order valence-electron chi connectivity index (χ1n) is 17.1. The van der Waals surface area contributed by atoms with Crippen molar-refractivity contribution < 1.29 is 24.0 Å². The zero-order chi connectivity index (χ0) is 33.0. The van der Waals surface area contributed by atoms with Gasteiger partial charge in [0.1, 0.15) is 23.3 Å². The van der Waals surface area contributed by atoms with E-state index in [0.29, 0.717) is 49.4 Å². The Morgan fingerprint density at radius 1 is 0.957 bits per heavy atom. The largest absolute Gasteiger partial charge is 0.331 e. The molecule has 7 rings (SSSR count). The monoisotopic (exact) mass is 659 g/mol. The number of nitrogens with zero attached hydrogens (tertiary/aromatic N) is 5. The van der Waals surface area contributed by atoms with Crippen molar-refractivity contribution in [2.75, 3.05) is 13.1 Å². The van der Waals surface area contributed by atoms with Gasteiger partial charge in [-0.3, -0.25) is 24.0 Å². The molecule has 0 bridgehead atoms. The molecule has 0 saturated carbocycles. The van der Waals surface area contributed by atoms with E-state index in [2.05, 4.69) is 24.1 Å². The van der Waals surface area contributed by atoms with Crippen molar-refractivity contribution in [1.82, 2.24) is 19.6 Å². The Morgan fingerprint density at radius 2 is 1.72 bits per heavy atom. The van der Waals surface area contributed by atoms with E-state index in [4.69, 9.17) is 11.6 Å². The number of amides is 5. The van der Waals surface area contributed by atoms with E-state index >= 15 is 0 Å². The predicted octanol–water partition coefficient (Wildman–Crippen LogP) is 3.72. The van der Waals surface area contributed by atoms with Crippen LogP contribution in [0.4, 0.5) is 0 Å². The van der Waals surface area contributed by atoms with Crippen molar-refractivity contribution in [3.8, 4) is 0 Å². The summed E-state index contributed by atoms with van der Waals surface area (Å²) in [6.07, 6.45) is 13.8. The van der Waals surface area contributed by atoms with Gasteiger partial charge in [-0.05, 0) is 63.0 Å². The van der Waals surface area contributed by atoms with Gasteiger partial charge in [0.05, 0.1) is 12.1 Å². The van der Waals surface area contributed by atoms with Crippen LogP contribution in [0.3, 0.4) is 0 Å². The minimum atomic E-state index is -1.28. The maximum absolute atomic E-state index is 14.7. The van der Waals surface area contributed by atoms with Gasteiger partial charge in [-0.2, -0.15) is 0 Å². The minimum Gasteiger partial charge on any atom is -0.331 e. The van der Waals surface area contributed by atoms with Crippen LogP contribution in [0, 0.1) is 5.92 Å². The molecule has 0 N–H and O–H groups in total. The molecule has 0 radical (unpaired) electrons. The first-order chi connectivity index (χ1) is 22.6. The number of hydrogen-bond donors (Lipinski definition) is 0. The van der Waals surface area contributed by atoms with Crippen molar-refractivity contribution in [3.63, 3.8) is 0 Å². The van der Waals surface area contributed by atoms with Gasteiger partial charge in [-0.15, -0.1) is 0 Å². The number of fused-ring (bicyclic) bond motifs is 3. The van der Waals surface area contributed by atoms with Crippen molar-refractivity contribution >= 4 is 46.8 Å². The zero-order valence-electron chi connectivity index (χ0n) is 27.0. The Kier molecular flexibility index (Phi) is 8.35. The second kappa shape index (κ2) is 12.3. The van der Waals surface area contributed by atoms with Gasteiger partial charge in [0.2, 0.25) is 17.7 Å². The number of rotatable bonds is 5. The van der Waals surface area contributed by atoms with Crippen molar-refractivity contribution in [1.29, 1.82) is 0 Å². The average Bonchev–Trinajstić information content (AvgIpc) is 3.85. The van der Waals surface area contributed by atoms with E-state index < -0.39 is 29.4 Å². The van der Waals surface area contributed by atoms with Gasteiger partial charge in [-0.25, -0.2) is 4.99 Å². The molecule has 47 heavy (non-hydrogen) atoms. The van der Waals surface area contributed by atoms with Gasteiger partial charge in [0.25, 0.3) is 11.8 Å². The molecule has 6 aliphatic rings. The lowest BCUT2D eigenvalue weighted by molar-refractivity contribution is -0.155. The highest BCUT2D eigenvalue weighted by Crippen LogP contribution is 2.43. The van der Waals surface area contributed by atoms with E-state index in [9.17, 15) is 24.0 Å². The SMILES string of the molecule is CC[C@@H]1CC[C@@H]2C=C[C@H]3CCN(C(=O)[C@@H]4CC[C@H]5C=C[C@]6(CCCN6C(=O)/C(Cc6ccccc6Cl)=N\C(C)=O)C(=O)N54)[C@@H]3C(=O)N12. The number of hydrogen-bond acceptors (Lipinski definition) is 5. The first-order valence-corrected chi connectivity index (χ1v) is 17.5. The molecule has 11 heteroatoms. The summed E-state index contributed by atoms with van der Waals surface area (Å²) in [4.78, 5) is 80.6. The Morgan fingerprint density at radius 3 is 2.49 bits per heavy atom. The zero-order valence-corrected chi connectivity index (χ0v) is 27.8. The summed E-state index contributed by atoms with van der Waals surface area (Å²) in [6.45, 7) is 4.19. The highest BCUT2D eigenvalue weighted by atomic mass is 35.5. The number of carbonyl (C=O) groups excluding carboxylic acids is 5. The second-order valence-corrected chi connectivity index (χ2v) is 14.2. The first kappa shape index (κ1) is 31.8. The second-order valence-electron chi connectivity index (χ2n) is 13.8. The van der Waals surface area contributed by atoms with Crippen LogP contribution < -0.4 is 0 Å². The van der Waals surface area contributed by atoms with Gasteiger partial charge >= 0.3 is 0 Å². The molecule has 6 heterocycles. The van der Waals surface area contributed by atoms with Crippen molar-refractivity contribution in [3.05, 3.63) is 59.2 Å². The number of carbonyl (C=O) groups is 5. The fourth-order valence-corrected chi connectivity index (χ4v) is 9.22. The van der Waals surface area contributed by atoms with Crippen molar-refractivity contribution in [2.24, 2.45) is 10.9 Å². The maximum Gasteiger partial charge on any atom is 0.269 e. The van der Waals surface area contributed by atoms with Crippen LogP contribution in [-0.4, -0.2) is 104 Å². The van der Waals surface area contributed by atoms with E-state index in [0.717, 1.165) is 25.7 Å². The summed E-state index contributed by atoms with van der Waals surface area (Å²) in [5.41, 5.74) is -0.596. The number of likely N-dealkylation sites (tertiary alicyclic amines) is 2. The number of halogens is 1. The Balaban J connectivity index is 1.15. The summed E-state index contributed by atoms with van der Waals surface area (Å²) >= 11 is 6.40. The standard InChI is InChI=1S/C36H42ClN5O5/c1-3-25-11-12-26-10-9-23-16-20-39(31(23)34(46)41(25)26)33(45)30-14-13-27-15-18-36(35(47)42(27)30)17-6-19-40(36)32(44)29(38-22(2)43)21-24-7-4-5-8-28(24)37/h4-5,7-10,15,18,23,25-27,30-31H,3,6,11-14,16-17,19-21H2,1-2H3/b38-29-/t23-,25+,26-,27-,30-,31-,36+/m0/s1. The van der Waals surface area contributed by atoms with E-state index in [1.54, 1.807) is 34.1 Å². The summed E-state index contributed by atoms with van der Waals surface area (Å²) in [7, 11) is 0. The number of benzene rings is 1. The molecule has 248 valence electrons. The molecule has 5 amide bonds. The third-order valence-corrected chi connectivity index (χ3v) is 11.6. The van der Waals surface area contributed by atoms with Gasteiger partial charge < -0.3 is 19.6 Å². The molecule has 1 spiro atoms. The van der Waals surface area contributed by atoms with E-state index in [1.165, 1.54) is 11.8 Å². The Labute approximate surface area is 280 Å². The smallest absolute Gasteiger partial charge is 0.269 e. The van der Waals surface area contributed by atoms with Gasteiger partial charge in [0, 0.05) is 43.4 Å². The quantitative estimate of drug-likeness (QED) is 0.354. The molecular formula is C36H42ClN5O5. The van der Waals surface area contributed by atoms with Crippen LogP contribution in [0.25, 0.3) is 0 Å². The van der Waals surface area contributed by atoms with Crippen LogP contribution in [0.5, 0.6) is 0 Å². The van der Waals surface area contributed by atoms with E-state index in [-0.39, 0.29) is 53.9 Å². The summed E-state index contributed by atoms with van der Waals surface area (Å²) in [5.74, 6) is -1.46. The molecule has 4 saturated heterocycles. The molecule has 10 nitrogen and oxygen atoms in total. The molecule has 0 aliphatic carbocycles. The lowest BCUT2D eigenvalue weighted by Crippen LogP contribution is -2.64. The fraction of sp³-hybridized carbons (Fsp3) is 0.556. The molecule has 4 fully saturated rings. The van der Waals surface area contributed by atoms with Crippen LogP contribution >= 0.6 is 11.6 Å². The molecule has 1 aromatic carbocycles. The van der Waals surface area contributed by atoms with Gasteiger partial charge in [-0.1, -0.05) is 61.0 Å². The summed E-state index contributed by atoms with van der Waals surface area (Å²) < 4.78 is 0.